The maximum absolute atomic E-state index is 12.2. The predicted molar refractivity (Wildman–Crippen MR) is 115 cm³/mol. The highest BCUT2D eigenvalue weighted by atomic mass is 32.2. The summed E-state index contributed by atoms with van der Waals surface area (Å²) < 4.78 is 11.1. The molecule has 0 spiro atoms. The molecule has 160 valence electrons. The first-order chi connectivity index (χ1) is 14.9. The number of nitrogens with one attached hydrogen (secondary N) is 2. The SMILES string of the molecule is CCOc1ccc(Oc2cc(NC(=O)CSc3nccc(=O)[nH]3)cc([N+](=O)[O-])c2)cc1. The summed E-state index contributed by atoms with van der Waals surface area (Å²) in [6.07, 6.45) is 1.34. The summed E-state index contributed by atoms with van der Waals surface area (Å²) in [5.41, 5.74) is -0.358. The van der Waals surface area contributed by atoms with Gasteiger partial charge in [-0.05, 0) is 31.2 Å². The fourth-order valence-corrected chi connectivity index (χ4v) is 3.13. The summed E-state index contributed by atoms with van der Waals surface area (Å²) >= 11 is 1.03. The van der Waals surface area contributed by atoms with Crippen LogP contribution in [0.25, 0.3) is 0 Å². The second-order valence-electron chi connectivity index (χ2n) is 6.06. The molecule has 0 radical (unpaired) electrons. The van der Waals surface area contributed by atoms with Gasteiger partial charge in [0.2, 0.25) is 5.91 Å². The van der Waals surface area contributed by atoms with Gasteiger partial charge in [-0.3, -0.25) is 19.7 Å². The van der Waals surface area contributed by atoms with E-state index in [2.05, 4.69) is 15.3 Å². The molecule has 0 bridgehead atoms. The van der Waals surface area contributed by atoms with Crippen molar-refractivity contribution in [3.8, 4) is 17.2 Å². The van der Waals surface area contributed by atoms with Gasteiger partial charge in [-0.15, -0.1) is 0 Å². The Labute approximate surface area is 180 Å². The van der Waals surface area contributed by atoms with Crippen molar-refractivity contribution in [1.82, 2.24) is 9.97 Å². The van der Waals surface area contributed by atoms with E-state index in [4.69, 9.17) is 9.47 Å². The Morgan fingerprint density at radius 2 is 1.90 bits per heavy atom. The van der Waals surface area contributed by atoms with Crippen molar-refractivity contribution in [2.45, 2.75) is 12.1 Å². The lowest BCUT2D eigenvalue weighted by atomic mass is 10.2. The molecule has 0 atom stereocenters. The molecule has 1 amide bonds. The number of nitrogens with zero attached hydrogens (tertiary/aromatic N) is 2. The molecule has 0 aliphatic rings. The maximum atomic E-state index is 12.2. The topological polar surface area (TPSA) is 136 Å². The number of anilines is 1. The molecule has 1 heterocycles. The largest absolute Gasteiger partial charge is 0.494 e. The molecule has 31 heavy (non-hydrogen) atoms. The molecule has 0 saturated heterocycles. The van der Waals surface area contributed by atoms with E-state index in [-0.39, 0.29) is 28.4 Å². The molecule has 1 aromatic heterocycles. The Hall–Kier alpha value is -3.86. The fraction of sp³-hybridized carbons (Fsp3) is 0.150. The second kappa shape index (κ2) is 10.3. The molecule has 0 aliphatic carbocycles. The van der Waals surface area contributed by atoms with Gasteiger partial charge in [-0.2, -0.15) is 0 Å². The number of hydrogen-bond acceptors (Lipinski definition) is 8. The van der Waals surface area contributed by atoms with Gasteiger partial charge in [0.25, 0.3) is 11.2 Å². The van der Waals surface area contributed by atoms with Gasteiger partial charge in [0.15, 0.2) is 5.16 Å². The number of thioether (sulfide) groups is 1. The van der Waals surface area contributed by atoms with E-state index >= 15 is 0 Å². The maximum Gasteiger partial charge on any atom is 0.275 e. The van der Waals surface area contributed by atoms with Crippen LogP contribution in [0.15, 0.2) is 64.7 Å². The molecule has 0 fully saturated rings. The standard InChI is InChI=1S/C20H18N4O6S/c1-2-29-15-3-5-16(6-4-15)30-17-10-13(9-14(11-17)24(27)28)22-19(26)12-31-20-21-8-7-18(25)23-20/h3-11H,2,12H2,1H3,(H,22,26)(H,21,23,25). The Balaban J connectivity index is 1.70. The molecular formula is C20H18N4O6S. The normalized spacial score (nSPS) is 10.4. The highest BCUT2D eigenvalue weighted by Gasteiger charge is 2.14. The van der Waals surface area contributed by atoms with Crippen LogP contribution in [0.5, 0.6) is 17.2 Å². The van der Waals surface area contributed by atoms with Crippen LogP contribution in [0.3, 0.4) is 0 Å². The van der Waals surface area contributed by atoms with Crippen molar-refractivity contribution in [3.05, 3.63) is 75.2 Å². The van der Waals surface area contributed by atoms with Crippen molar-refractivity contribution in [3.63, 3.8) is 0 Å². The predicted octanol–water partition coefficient (Wildman–Crippen LogP) is 3.60. The minimum absolute atomic E-state index is 0.0509. The summed E-state index contributed by atoms with van der Waals surface area (Å²) in [7, 11) is 0. The van der Waals surface area contributed by atoms with Crippen molar-refractivity contribution >= 4 is 29.0 Å². The van der Waals surface area contributed by atoms with Crippen LogP contribution >= 0.6 is 11.8 Å². The van der Waals surface area contributed by atoms with Crippen LogP contribution in [0, 0.1) is 10.1 Å². The number of ether oxygens (including phenoxy) is 2. The number of aromatic nitrogens is 2. The van der Waals surface area contributed by atoms with E-state index in [1.165, 1.54) is 30.5 Å². The first-order valence-corrected chi connectivity index (χ1v) is 10.1. The van der Waals surface area contributed by atoms with E-state index in [0.717, 1.165) is 11.8 Å². The highest BCUT2D eigenvalue weighted by Crippen LogP contribution is 2.30. The minimum Gasteiger partial charge on any atom is -0.494 e. The van der Waals surface area contributed by atoms with Crippen LogP contribution in [0.1, 0.15) is 6.92 Å². The third-order valence-electron chi connectivity index (χ3n) is 3.74. The molecule has 0 saturated carbocycles. The van der Waals surface area contributed by atoms with Crippen LogP contribution in [-0.2, 0) is 4.79 Å². The van der Waals surface area contributed by atoms with E-state index < -0.39 is 10.8 Å². The zero-order valence-electron chi connectivity index (χ0n) is 16.4. The van der Waals surface area contributed by atoms with Crippen molar-refractivity contribution in [1.29, 1.82) is 0 Å². The third kappa shape index (κ3) is 6.57. The zero-order valence-corrected chi connectivity index (χ0v) is 17.2. The summed E-state index contributed by atoms with van der Waals surface area (Å²) in [5, 5.41) is 14.2. The lowest BCUT2D eigenvalue weighted by Crippen LogP contribution is -2.15. The molecule has 10 nitrogen and oxygen atoms in total. The number of rotatable bonds is 9. The van der Waals surface area contributed by atoms with Crippen LogP contribution in [0.2, 0.25) is 0 Å². The molecular weight excluding hydrogens is 424 g/mol. The number of benzene rings is 2. The zero-order chi connectivity index (χ0) is 22.2. The van der Waals surface area contributed by atoms with Crippen molar-refractivity contribution in [2.75, 3.05) is 17.7 Å². The highest BCUT2D eigenvalue weighted by molar-refractivity contribution is 7.99. The Kier molecular flexibility index (Phi) is 7.22. The van der Waals surface area contributed by atoms with Crippen molar-refractivity contribution < 1.29 is 19.2 Å². The van der Waals surface area contributed by atoms with Gasteiger partial charge < -0.3 is 19.8 Å². The van der Waals surface area contributed by atoms with E-state index in [1.807, 2.05) is 6.92 Å². The van der Waals surface area contributed by atoms with E-state index in [9.17, 15) is 19.7 Å². The molecule has 0 unspecified atom stereocenters. The second-order valence-corrected chi connectivity index (χ2v) is 7.02. The first-order valence-electron chi connectivity index (χ1n) is 9.11. The molecule has 2 N–H and O–H groups in total. The quantitative estimate of drug-likeness (QED) is 0.222. The summed E-state index contributed by atoms with van der Waals surface area (Å²) in [6, 6.07) is 12.0. The van der Waals surface area contributed by atoms with Crippen LogP contribution < -0.4 is 20.3 Å². The van der Waals surface area contributed by atoms with Gasteiger partial charge in [-0.25, -0.2) is 4.98 Å². The Bertz CT molecular complexity index is 1130. The lowest BCUT2D eigenvalue weighted by molar-refractivity contribution is -0.384. The summed E-state index contributed by atoms with van der Waals surface area (Å²) in [6.45, 7) is 2.40. The molecule has 3 rings (SSSR count). The van der Waals surface area contributed by atoms with Crippen LogP contribution in [-0.4, -0.2) is 33.2 Å². The summed E-state index contributed by atoms with van der Waals surface area (Å²) in [5.74, 6) is 0.842. The number of hydrogen-bond donors (Lipinski definition) is 2. The van der Waals surface area contributed by atoms with E-state index in [1.54, 1.807) is 24.3 Å². The molecule has 2 aromatic carbocycles. The average molecular weight is 442 g/mol. The average Bonchev–Trinajstić information content (AvgIpc) is 2.74. The number of nitro benzene ring substituents is 1. The Morgan fingerprint density at radius 1 is 1.16 bits per heavy atom. The van der Waals surface area contributed by atoms with Crippen molar-refractivity contribution in [2.24, 2.45) is 0 Å². The smallest absolute Gasteiger partial charge is 0.275 e. The molecule has 11 heteroatoms. The monoisotopic (exact) mass is 442 g/mol. The first kappa shape index (κ1) is 21.8. The van der Waals surface area contributed by atoms with Gasteiger partial charge in [0, 0.05) is 24.4 Å². The number of H-pyrrole nitrogens is 1. The van der Waals surface area contributed by atoms with Gasteiger partial charge >= 0.3 is 0 Å². The fourth-order valence-electron chi connectivity index (χ4n) is 2.48. The number of carbonyl (C=O) groups excluding carboxylic acids is 1. The minimum atomic E-state index is -0.575. The van der Waals surface area contributed by atoms with Gasteiger partial charge in [0.05, 0.1) is 29.0 Å². The number of non-ortho nitro benzene ring substituents is 1. The Morgan fingerprint density at radius 3 is 2.58 bits per heavy atom. The van der Waals surface area contributed by atoms with Gasteiger partial charge in [-0.1, -0.05) is 11.8 Å². The third-order valence-corrected chi connectivity index (χ3v) is 4.63. The van der Waals surface area contributed by atoms with E-state index in [0.29, 0.717) is 23.3 Å². The molecule has 3 aromatic rings. The number of nitro groups is 1. The van der Waals surface area contributed by atoms with Gasteiger partial charge in [0.1, 0.15) is 17.2 Å². The van der Waals surface area contributed by atoms with Crippen LogP contribution in [0.4, 0.5) is 11.4 Å². The number of carbonyl (C=O) groups is 1. The number of aromatic amines is 1. The molecule has 0 aliphatic heterocycles. The number of amides is 1. The lowest BCUT2D eigenvalue weighted by Gasteiger charge is -2.10. The summed E-state index contributed by atoms with van der Waals surface area (Å²) in [4.78, 5) is 40.7.